The van der Waals surface area contributed by atoms with Gasteiger partial charge < -0.3 is 10.2 Å². The lowest BCUT2D eigenvalue weighted by Gasteiger charge is -2.17. The van der Waals surface area contributed by atoms with E-state index in [-0.39, 0.29) is 0 Å². The summed E-state index contributed by atoms with van der Waals surface area (Å²) in [5, 5.41) is 19.4. The van der Waals surface area contributed by atoms with Crippen molar-refractivity contribution in [3.05, 3.63) is 35.4 Å². The number of carbonyl (C=O) groups is 1. The third-order valence-electron chi connectivity index (χ3n) is 2.43. The second-order valence-electron chi connectivity index (χ2n) is 3.62. The zero-order valence-electron chi connectivity index (χ0n) is 9.21. The van der Waals surface area contributed by atoms with Gasteiger partial charge in [0.2, 0.25) is 0 Å². The van der Waals surface area contributed by atoms with E-state index in [1.54, 1.807) is 12.1 Å². The summed E-state index contributed by atoms with van der Waals surface area (Å²) >= 11 is 3.98. The smallest absolute Gasteiger partial charge is 0.265 e. The molecule has 0 aliphatic carbocycles. The summed E-state index contributed by atoms with van der Waals surface area (Å²) in [6, 6.07) is 6.23. The maximum absolute atomic E-state index is 11.2. The van der Waals surface area contributed by atoms with Crippen molar-refractivity contribution in [1.82, 2.24) is 5.43 Å². The van der Waals surface area contributed by atoms with E-state index >= 15 is 0 Å². The fourth-order valence-corrected chi connectivity index (χ4v) is 1.69. The number of thiol groups is 1. The molecular formula is C11H16N2O3S. The third kappa shape index (κ3) is 3.71. The van der Waals surface area contributed by atoms with Crippen molar-refractivity contribution in [3.63, 3.8) is 0 Å². The number of rotatable bonds is 5. The van der Waals surface area contributed by atoms with Gasteiger partial charge in [0.25, 0.3) is 5.91 Å². The number of aliphatic hydroxyl groups is 2. The van der Waals surface area contributed by atoms with Crippen molar-refractivity contribution in [3.8, 4) is 0 Å². The van der Waals surface area contributed by atoms with Gasteiger partial charge in [-0.25, -0.2) is 5.84 Å². The molecule has 2 unspecified atom stereocenters. The average Bonchev–Trinajstić information content (AvgIpc) is 2.37. The number of nitrogens with one attached hydrogen (secondary N) is 1. The topological polar surface area (TPSA) is 95.6 Å². The Morgan fingerprint density at radius 2 is 1.94 bits per heavy atom. The zero-order chi connectivity index (χ0) is 12.8. The number of nitrogens with two attached hydrogens (primary N) is 1. The molecule has 1 rings (SSSR count). The number of amides is 1. The SMILES string of the molecule is NNC(=O)c1ccc(C(O)C(O)CCS)cc1. The molecule has 0 fully saturated rings. The summed E-state index contributed by atoms with van der Waals surface area (Å²) in [5.41, 5.74) is 2.96. The summed E-state index contributed by atoms with van der Waals surface area (Å²) in [4.78, 5) is 11.2. The van der Waals surface area contributed by atoms with Crippen LogP contribution in [0, 0.1) is 0 Å². The maximum atomic E-state index is 11.2. The number of aliphatic hydroxyl groups excluding tert-OH is 2. The summed E-state index contributed by atoms with van der Waals surface area (Å²) in [5.74, 6) is 5.08. The molecule has 0 aliphatic rings. The number of carbonyl (C=O) groups excluding carboxylic acids is 1. The first-order valence-corrected chi connectivity index (χ1v) is 5.81. The first-order chi connectivity index (χ1) is 8.10. The largest absolute Gasteiger partial charge is 0.390 e. The fourth-order valence-electron chi connectivity index (χ4n) is 1.43. The summed E-state index contributed by atoms with van der Waals surface area (Å²) < 4.78 is 0. The number of benzene rings is 1. The summed E-state index contributed by atoms with van der Waals surface area (Å²) in [7, 11) is 0. The molecular weight excluding hydrogens is 240 g/mol. The van der Waals surface area contributed by atoms with Gasteiger partial charge in [-0.3, -0.25) is 10.2 Å². The van der Waals surface area contributed by atoms with Crippen LogP contribution >= 0.6 is 12.6 Å². The molecule has 0 heterocycles. The molecule has 2 atom stereocenters. The molecule has 0 saturated carbocycles. The van der Waals surface area contributed by atoms with E-state index in [2.05, 4.69) is 12.6 Å². The van der Waals surface area contributed by atoms with Gasteiger partial charge in [0.05, 0.1) is 6.10 Å². The minimum atomic E-state index is -0.975. The van der Waals surface area contributed by atoms with Gasteiger partial charge in [-0.1, -0.05) is 12.1 Å². The van der Waals surface area contributed by atoms with Gasteiger partial charge in [-0.15, -0.1) is 0 Å². The number of hydrazine groups is 1. The highest BCUT2D eigenvalue weighted by molar-refractivity contribution is 7.80. The Kier molecular flexibility index (Phi) is 5.43. The lowest BCUT2D eigenvalue weighted by molar-refractivity contribution is 0.0172. The molecule has 5 nitrogen and oxygen atoms in total. The molecule has 17 heavy (non-hydrogen) atoms. The normalized spacial score (nSPS) is 14.1. The molecule has 94 valence electrons. The highest BCUT2D eigenvalue weighted by Gasteiger charge is 2.17. The molecule has 0 spiro atoms. The number of nitrogen functional groups attached to an aromatic ring is 1. The van der Waals surface area contributed by atoms with E-state index in [9.17, 15) is 15.0 Å². The number of hydrogen-bond donors (Lipinski definition) is 5. The van der Waals surface area contributed by atoms with Crippen LogP contribution in [0.5, 0.6) is 0 Å². The molecule has 0 bridgehead atoms. The molecule has 0 radical (unpaired) electrons. The molecule has 5 N–H and O–H groups in total. The monoisotopic (exact) mass is 256 g/mol. The fraction of sp³-hybridized carbons (Fsp3) is 0.364. The van der Waals surface area contributed by atoms with E-state index in [1.807, 2.05) is 5.43 Å². The maximum Gasteiger partial charge on any atom is 0.265 e. The van der Waals surface area contributed by atoms with Crippen LogP contribution in [0.1, 0.15) is 28.4 Å². The Morgan fingerprint density at radius 3 is 2.41 bits per heavy atom. The summed E-state index contributed by atoms with van der Waals surface area (Å²) in [6.45, 7) is 0. The van der Waals surface area contributed by atoms with Gasteiger partial charge in [0.1, 0.15) is 6.10 Å². The summed E-state index contributed by atoms with van der Waals surface area (Å²) in [6.07, 6.45) is -1.44. The van der Waals surface area contributed by atoms with Crippen LogP contribution in [-0.2, 0) is 0 Å². The Balaban J connectivity index is 2.76. The third-order valence-corrected chi connectivity index (χ3v) is 2.69. The standard InChI is InChI=1S/C11H16N2O3S/c12-13-11(16)8-3-1-7(2-4-8)10(15)9(14)5-6-17/h1-4,9-10,14-15,17H,5-6,12H2,(H,13,16). The minimum absolute atomic E-state index is 0.395. The molecule has 1 amide bonds. The van der Waals surface area contributed by atoms with Crippen LogP contribution < -0.4 is 11.3 Å². The van der Waals surface area contributed by atoms with Crippen LogP contribution in [0.3, 0.4) is 0 Å². The quantitative estimate of drug-likeness (QED) is 0.222. The van der Waals surface area contributed by atoms with Gasteiger partial charge in [0.15, 0.2) is 0 Å². The van der Waals surface area contributed by atoms with E-state index in [0.717, 1.165) is 0 Å². The van der Waals surface area contributed by atoms with Gasteiger partial charge in [0, 0.05) is 5.56 Å². The van der Waals surface area contributed by atoms with Crippen molar-refractivity contribution in [1.29, 1.82) is 0 Å². The zero-order valence-corrected chi connectivity index (χ0v) is 10.1. The minimum Gasteiger partial charge on any atom is -0.390 e. The Morgan fingerprint density at radius 1 is 1.35 bits per heavy atom. The van der Waals surface area contributed by atoms with Gasteiger partial charge in [-0.05, 0) is 29.9 Å². The Hall–Kier alpha value is -1.08. The van der Waals surface area contributed by atoms with E-state index in [0.29, 0.717) is 23.3 Å². The van der Waals surface area contributed by atoms with Gasteiger partial charge >= 0.3 is 0 Å². The van der Waals surface area contributed by atoms with Gasteiger partial charge in [-0.2, -0.15) is 12.6 Å². The van der Waals surface area contributed by atoms with Crippen molar-refractivity contribution in [2.75, 3.05) is 5.75 Å². The van der Waals surface area contributed by atoms with Crippen LogP contribution in [-0.4, -0.2) is 28.0 Å². The molecule has 0 saturated heterocycles. The highest BCUT2D eigenvalue weighted by atomic mass is 32.1. The highest BCUT2D eigenvalue weighted by Crippen LogP contribution is 2.19. The lowest BCUT2D eigenvalue weighted by atomic mass is 10.0. The first-order valence-electron chi connectivity index (χ1n) is 5.18. The Bertz CT molecular complexity index is 369. The van der Waals surface area contributed by atoms with Crippen molar-refractivity contribution >= 4 is 18.5 Å². The molecule has 1 aromatic rings. The van der Waals surface area contributed by atoms with Crippen LogP contribution in [0.2, 0.25) is 0 Å². The number of hydrogen-bond acceptors (Lipinski definition) is 5. The predicted octanol–water partition coefficient (Wildman–Crippen LogP) is 0.00430. The van der Waals surface area contributed by atoms with E-state index < -0.39 is 18.1 Å². The average molecular weight is 256 g/mol. The molecule has 0 aliphatic heterocycles. The second kappa shape index (κ2) is 6.61. The van der Waals surface area contributed by atoms with E-state index in [4.69, 9.17) is 5.84 Å². The first kappa shape index (κ1) is 14.0. The van der Waals surface area contributed by atoms with Crippen molar-refractivity contribution in [2.45, 2.75) is 18.6 Å². The van der Waals surface area contributed by atoms with Crippen LogP contribution in [0.15, 0.2) is 24.3 Å². The van der Waals surface area contributed by atoms with Crippen LogP contribution in [0.4, 0.5) is 0 Å². The predicted molar refractivity (Wildman–Crippen MR) is 67.5 cm³/mol. The molecule has 6 heteroatoms. The van der Waals surface area contributed by atoms with E-state index in [1.165, 1.54) is 12.1 Å². The lowest BCUT2D eigenvalue weighted by Crippen LogP contribution is -2.30. The van der Waals surface area contributed by atoms with Crippen molar-refractivity contribution in [2.24, 2.45) is 5.84 Å². The van der Waals surface area contributed by atoms with Crippen LogP contribution in [0.25, 0.3) is 0 Å². The molecule has 1 aromatic carbocycles. The Labute approximate surface area is 105 Å². The molecule has 0 aromatic heterocycles. The second-order valence-corrected chi connectivity index (χ2v) is 4.07. The van der Waals surface area contributed by atoms with Crippen molar-refractivity contribution < 1.29 is 15.0 Å².